The van der Waals surface area contributed by atoms with Gasteiger partial charge < -0.3 is 4.74 Å². The van der Waals surface area contributed by atoms with Crippen molar-refractivity contribution < 1.29 is 39.9 Å². The number of alkyl halides is 3. The van der Waals surface area contributed by atoms with Gasteiger partial charge in [0.1, 0.15) is 11.6 Å². The van der Waals surface area contributed by atoms with E-state index in [0.717, 1.165) is 31.6 Å². The summed E-state index contributed by atoms with van der Waals surface area (Å²) in [4.78, 5) is 12.1. The second-order valence-electron chi connectivity index (χ2n) is 7.17. The minimum Gasteiger partial charge on any atom is -0.402 e. The number of carbonyl (C=O) groups excluding carboxylic acids is 1. The van der Waals surface area contributed by atoms with Crippen LogP contribution in [0.3, 0.4) is 0 Å². The molecule has 3 aromatic rings. The van der Waals surface area contributed by atoms with Crippen LogP contribution < -0.4 is 4.74 Å². The Morgan fingerprint density at radius 1 is 1.03 bits per heavy atom. The van der Waals surface area contributed by atoms with Crippen LogP contribution in [0.4, 0.5) is 22.0 Å². The van der Waals surface area contributed by atoms with E-state index in [1.165, 1.54) is 12.1 Å². The van der Waals surface area contributed by atoms with E-state index in [0.29, 0.717) is 24.2 Å². The highest BCUT2D eigenvalue weighted by Crippen LogP contribution is 2.35. The van der Waals surface area contributed by atoms with E-state index in [-0.39, 0.29) is 14.9 Å². The van der Waals surface area contributed by atoms with Crippen LogP contribution in [0, 0.1) is 11.6 Å². The molecule has 0 unspecified atom stereocenters. The van der Waals surface area contributed by atoms with Crippen molar-refractivity contribution in [3.63, 3.8) is 0 Å². The van der Waals surface area contributed by atoms with Crippen LogP contribution in [0.2, 0.25) is 0 Å². The number of ether oxygens (including phenoxy) is 1. The lowest BCUT2D eigenvalue weighted by Crippen LogP contribution is -2.36. The molecule has 2 heterocycles. The van der Waals surface area contributed by atoms with Crippen LogP contribution in [0.5, 0.6) is 5.88 Å². The van der Waals surface area contributed by atoms with Gasteiger partial charge in [-0.1, -0.05) is 18.2 Å². The maximum Gasteiger partial charge on any atom is 0.491 e. The Bertz CT molecular complexity index is 1290. The molecule has 0 amide bonds. The van der Waals surface area contributed by atoms with Gasteiger partial charge in [-0.25, -0.2) is 26.0 Å². The molecular formula is C20H15F5N2O4S. The minimum absolute atomic E-state index is 0.171. The molecule has 6 nitrogen and oxygen atoms in total. The molecule has 4 rings (SSSR count). The standard InChI is InChI=1S/C20H15F5N2O4S/c21-14-5-2-6-15(22)18(14)32(29,30)27-16-7-1-4-12(11-26-8-3-9-26)13(16)10-17(27)31-19(28)20(23,24)25/h1-2,4-7,10H,3,8-9,11H2. The Hall–Kier alpha value is -2.99. The van der Waals surface area contributed by atoms with Crippen molar-refractivity contribution in [2.24, 2.45) is 0 Å². The fraction of sp³-hybridized carbons (Fsp3) is 0.250. The molecule has 12 heteroatoms. The number of esters is 1. The third-order valence-electron chi connectivity index (χ3n) is 5.05. The average molecular weight is 474 g/mol. The van der Waals surface area contributed by atoms with Crippen LogP contribution in [0.15, 0.2) is 47.4 Å². The number of rotatable bonds is 5. The SMILES string of the molecule is O=C(Oc1cc2c(CN3CCC3)cccc2n1S(=O)(=O)c1c(F)cccc1F)C(F)(F)F. The van der Waals surface area contributed by atoms with Crippen LogP contribution >= 0.6 is 0 Å². The molecule has 0 radical (unpaired) electrons. The molecule has 0 saturated carbocycles. The molecule has 0 N–H and O–H groups in total. The van der Waals surface area contributed by atoms with E-state index in [1.54, 1.807) is 6.07 Å². The first kappa shape index (κ1) is 22.2. The molecule has 0 atom stereocenters. The molecule has 1 aliphatic rings. The highest BCUT2D eigenvalue weighted by molar-refractivity contribution is 7.90. The number of likely N-dealkylation sites (tertiary alicyclic amines) is 1. The molecule has 1 aliphatic heterocycles. The smallest absolute Gasteiger partial charge is 0.402 e. The normalized spacial score (nSPS) is 15.0. The zero-order valence-corrected chi connectivity index (χ0v) is 17.0. The summed E-state index contributed by atoms with van der Waals surface area (Å²) in [5.41, 5.74) is 0.366. The van der Waals surface area contributed by atoms with Gasteiger partial charge in [-0.15, -0.1) is 0 Å². The number of hydrogen-bond donors (Lipinski definition) is 0. The van der Waals surface area contributed by atoms with Gasteiger partial charge in [0.2, 0.25) is 5.88 Å². The lowest BCUT2D eigenvalue weighted by atomic mass is 10.1. The zero-order valence-electron chi connectivity index (χ0n) is 16.2. The molecule has 1 aromatic heterocycles. The predicted molar refractivity (Wildman–Crippen MR) is 102 cm³/mol. The van der Waals surface area contributed by atoms with Crippen molar-refractivity contribution in [2.75, 3.05) is 13.1 Å². The Balaban J connectivity index is 1.95. The van der Waals surface area contributed by atoms with Gasteiger partial charge >= 0.3 is 12.1 Å². The maximum absolute atomic E-state index is 14.3. The number of aromatic nitrogens is 1. The summed E-state index contributed by atoms with van der Waals surface area (Å²) in [6.45, 7) is 1.93. The maximum atomic E-state index is 14.3. The Morgan fingerprint density at radius 3 is 2.22 bits per heavy atom. The van der Waals surface area contributed by atoms with Crippen molar-refractivity contribution in [3.05, 3.63) is 59.7 Å². The van der Waals surface area contributed by atoms with Gasteiger partial charge in [-0.05, 0) is 43.3 Å². The van der Waals surface area contributed by atoms with E-state index in [9.17, 15) is 35.2 Å². The van der Waals surface area contributed by atoms with Crippen molar-refractivity contribution in [3.8, 4) is 5.88 Å². The number of fused-ring (bicyclic) bond motifs is 1. The summed E-state index contributed by atoms with van der Waals surface area (Å²) in [5.74, 6) is -6.59. The fourth-order valence-corrected chi connectivity index (χ4v) is 5.01. The van der Waals surface area contributed by atoms with Gasteiger partial charge in [0.05, 0.1) is 5.52 Å². The van der Waals surface area contributed by atoms with E-state index < -0.39 is 44.6 Å². The van der Waals surface area contributed by atoms with Crippen LogP contribution in [-0.4, -0.2) is 42.5 Å². The highest BCUT2D eigenvalue weighted by Gasteiger charge is 2.43. The topological polar surface area (TPSA) is 68.6 Å². The van der Waals surface area contributed by atoms with Crippen LogP contribution in [0.25, 0.3) is 10.9 Å². The Labute approximate surface area is 178 Å². The van der Waals surface area contributed by atoms with E-state index >= 15 is 0 Å². The lowest BCUT2D eigenvalue weighted by molar-refractivity contribution is -0.190. The summed E-state index contributed by atoms with van der Waals surface area (Å²) in [6, 6.07) is 7.61. The summed E-state index contributed by atoms with van der Waals surface area (Å²) >= 11 is 0. The van der Waals surface area contributed by atoms with Gasteiger partial charge in [0.25, 0.3) is 10.0 Å². The van der Waals surface area contributed by atoms with Crippen molar-refractivity contribution in [2.45, 2.75) is 24.0 Å². The largest absolute Gasteiger partial charge is 0.491 e. The molecule has 1 saturated heterocycles. The molecule has 170 valence electrons. The van der Waals surface area contributed by atoms with Crippen molar-refractivity contribution in [1.82, 2.24) is 8.87 Å². The van der Waals surface area contributed by atoms with Gasteiger partial charge in [-0.3, -0.25) is 4.90 Å². The number of benzene rings is 2. The molecule has 0 bridgehead atoms. The Morgan fingerprint density at radius 2 is 1.66 bits per heavy atom. The van der Waals surface area contributed by atoms with E-state index in [4.69, 9.17) is 0 Å². The minimum atomic E-state index is -5.42. The number of nitrogens with zero attached hydrogens (tertiary/aromatic N) is 2. The van der Waals surface area contributed by atoms with Gasteiger partial charge in [0, 0.05) is 18.0 Å². The lowest BCUT2D eigenvalue weighted by Gasteiger charge is -2.30. The number of hydrogen-bond acceptors (Lipinski definition) is 5. The zero-order chi connectivity index (χ0) is 23.3. The van der Waals surface area contributed by atoms with E-state index in [1.807, 2.05) is 4.90 Å². The summed E-state index contributed by atoms with van der Waals surface area (Å²) < 4.78 is 98.0. The van der Waals surface area contributed by atoms with Gasteiger partial charge in [-0.2, -0.15) is 13.2 Å². The monoisotopic (exact) mass is 474 g/mol. The third kappa shape index (κ3) is 3.84. The summed E-state index contributed by atoms with van der Waals surface area (Å²) in [6.07, 6.45) is -4.46. The van der Waals surface area contributed by atoms with E-state index in [2.05, 4.69) is 4.74 Å². The first-order valence-electron chi connectivity index (χ1n) is 9.34. The summed E-state index contributed by atoms with van der Waals surface area (Å²) in [7, 11) is -5.13. The molecule has 0 spiro atoms. The molecule has 32 heavy (non-hydrogen) atoms. The second kappa shape index (κ2) is 7.85. The van der Waals surface area contributed by atoms with Gasteiger partial charge in [0.15, 0.2) is 4.90 Å². The fourth-order valence-electron chi connectivity index (χ4n) is 3.45. The molecular weight excluding hydrogens is 459 g/mol. The predicted octanol–water partition coefficient (Wildman–Crippen LogP) is 3.83. The third-order valence-corrected chi connectivity index (χ3v) is 6.81. The first-order chi connectivity index (χ1) is 15.0. The highest BCUT2D eigenvalue weighted by atomic mass is 32.2. The van der Waals surface area contributed by atoms with Crippen molar-refractivity contribution in [1.29, 1.82) is 0 Å². The molecule has 1 fully saturated rings. The number of halogens is 5. The quantitative estimate of drug-likeness (QED) is 0.416. The molecule has 0 aliphatic carbocycles. The summed E-state index contributed by atoms with van der Waals surface area (Å²) in [5, 5.41) is 0.171. The average Bonchev–Trinajstić information content (AvgIpc) is 3.03. The Kier molecular flexibility index (Phi) is 5.45. The number of carbonyl (C=O) groups is 1. The van der Waals surface area contributed by atoms with Crippen LogP contribution in [-0.2, 0) is 21.4 Å². The first-order valence-corrected chi connectivity index (χ1v) is 10.8. The van der Waals surface area contributed by atoms with Crippen LogP contribution in [0.1, 0.15) is 12.0 Å². The molecule has 2 aromatic carbocycles. The van der Waals surface area contributed by atoms with Crippen molar-refractivity contribution >= 4 is 26.9 Å². The second-order valence-corrected chi connectivity index (χ2v) is 8.89.